The molecule has 8 rings (SSSR count). The van der Waals surface area contributed by atoms with Gasteiger partial charge in [-0.2, -0.15) is 0 Å². The van der Waals surface area contributed by atoms with Gasteiger partial charge < -0.3 is 5.32 Å². The number of benzene rings is 7. The number of rotatable bonds is 4. The fraction of sp³-hybridized carbons (Fsp3) is 0.0256. The highest BCUT2D eigenvalue weighted by Gasteiger charge is 2.19. The third-order valence-corrected chi connectivity index (χ3v) is 8.22. The van der Waals surface area contributed by atoms with Gasteiger partial charge >= 0.3 is 0 Å². The van der Waals surface area contributed by atoms with Crippen molar-refractivity contribution in [2.24, 2.45) is 9.98 Å². The van der Waals surface area contributed by atoms with Gasteiger partial charge in [0.25, 0.3) is 0 Å². The second-order valence-corrected chi connectivity index (χ2v) is 10.7. The SMILES string of the molecule is C1=NC(c2cccc(-c3ccccc3)c2)NC(c2ccccc2-c2ccc3c4ccccc4c4ccccc4c3c2)=N1. The van der Waals surface area contributed by atoms with Crippen LogP contribution in [0.15, 0.2) is 156 Å². The smallest absolute Gasteiger partial charge is 0.147 e. The van der Waals surface area contributed by atoms with Crippen LogP contribution in [-0.2, 0) is 0 Å². The van der Waals surface area contributed by atoms with Crippen molar-refractivity contribution in [3.05, 3.63) is 157 Å². The molecule has 0 amide bonds. The molecule has 1 aliphatic heterocycles. The topological polar surface area (TPSA) is 36.8 Å². The van der Waals surface area contributed by atoms with Gasteiger partial charge in [0.1, 0.15) is 18.3 Å². The predicted molar refractivity (Wildman–Crippen MR) is 177 cm³/mol. The van der Waals surface area contributed by atoms with E-state index in [2.05, 4.69) is 145 Å². The van der Waals surface area contributed by atoms with Gasteiger partial charge in [-0.1, -0.05) is 133 Å². The van der Waals surface area contributed by atoms with Crippen LogP contribution >= 0.6 is 0 Å². The minimum atomic E-state index is -0.221. The van der Waals surface area contributed by atoms with Crippen molar-refractivity contribution in [3.63, 3.8) is 0 Å². The van der Waals surface area contributed by atoms with Crippen molar-refractivity contribution < 1.29 is 0 Å². The maximum absolute atomic E-state index is 4.71. The third kappa shape index (κ3) is 4.15. The van der Waals surface area contributed by atoms with Gasteiger partial charge in [0.05, 0.1) is 0 Å². The third-order valence-electron chi connectivity index (χ3n) is 8.22. The molecular weight excluding hydrogens is 510 g/mol. The molecule has 198 valence electrons. The van der Waals surface area contributed by atoms with Crippen LogP contribution < -0.4 is 5.32 Å². The Labute approximate surface area is 244 Å². The number of fused-ring (bicyclic) bond motifs is 6. The molecule has 1 unspecified atom stereocenters. The van der Waals surface area contributed by atoms with Crippen LogP contribution in [0.25, 0.3) is 54.6 Å². The van der Waals surface area contributed by atoms with Crippen LogP contribution in [0.5, 0.6) is 0 Å². The first-order valence-electron chi connectivity index (χ1n) is 14.3. The lowest BCUT2D eigenvalue weighted by Crippen LogP contribution is -2.31. The Bertz CT molecular complexity index is 2140. The summed E-state index contributed by atoms with van der Waals surface area (Å²) in [6.45, 7) is 0. The average Bonchev–Trinajstić information content (AvgIpc) is 3.09. The molecule has 0 aromatic heterocycles. The molecular formula is C39H27N3. The Morgan fingerprint density at radius 1 is 0.429 bits per heavy atom. The Balaban J connectivity index is 1.20. The summed E-state index contributed by atoms with van der Waals surface area (Å²) in [5.74, 6) is 0.819. The molecule has 7 aromatic rings. The van der Waals surface area contributed by atoms with Gasteiger partial charge in [-0.15, -0.1) is 0 Å². The Morgan fingerprint density at radius 3 is 1.76 bits per heavy atom. The highest BCUT2D eigenvalue weighted by molar-refractivity contribution is 6.26. The molecule has 1 aliphatic rings. The molecule has 1 atom stereocenters. The Hall–Kier alpha value is -5.54. The summed E-state index contributed by atoms with van der Waals surface area (Å²) >= 11 is 0. The van der Waals surface area contributed by atoms with Crippen LogP contribution in [0.3, 0.4) is 0 Å². The summed E-state index contributed by atoms with van der Waals surface area (Å²) in [6, 6.07) is 51.8. The van der Waals surface area contributed by atoms with E-state index in [0.29, 0.717) is 0 Å². The monoisotopic (exact) mass is 537 g/mol. The Kier molecular flexibility index (Phi) is 5.86. The molecule has 1 heterocycles. The predicted octanol–water partition coefficient (Wildman–Crippen LogP) is 9.56. The van der Waals surface area contributed by atoms with E-state index in [4.69, 9.17) is 9.98 Å². The second-order valence-electron chi connectivity index (χ2n) is 10.7. The van der Waals surface area contributed by atoms with Crippen molar-refractivity contribution in [2.45, 2.75) is 6.17 Å². The lowest BCUT2D eigenvalue weighted by molar-refractivity contribution is 0.679. The van der Waals surface area contributed by atoms with Crippen molar-refractivity contribution in [3.8, 4) is 22.3 Å². The maximum Gasteiger partial charge on any atom is 0.147 e. The molecule has 0 fully saturated rings. The largest absolute Gasteiger partial charge is 0.344 e. The fourth-order valence-electron chi connectivity index (χ4n) is 6.21. The van der Waals surface area contributed by atoms with Gasteiger partial charge in [-0.3, -0.25) is 0 Å². The van der Waals surface area contributed by atoms with Gasteiger partial charge in [0.2, 0.25) is 0 Å². The maximum atomic E-state index is 4.71. The van der Waals surface area contributed by atoms with Gasteiger partial charge in [0, 0.05) is 5.56 Å². The molecule has 7 aromatic carbocycles. The lowest BCUT2D eigenvalue weighted by Gasteiger charge is -2.22. The summed E-state index contributed by atoms with van der Waals surface area (Å²) in [4.78, 5) is 9.40. The number of hydrogen-bond donors (Lipinski definition) is 1. The fourth-order valence-corrected chi connectivity index (χ4v) is 6.21. The highest BCUT2D eigenvalue weighted by Crippen LogP contribution is 2.38. The summed E-state index contributed by atoms with van der Waals surface area (Å²) in [5.41, 5.74) is 6.81. The van der Waals surface area contributed by atoms with E-state index < -0.39 is 0 Å². The first-order valence-corrected chi connectivity index (χ1v) is 14.3. The lowest BCUT2D eigenvalue weighted by atomic mass is 9.91. The van der Waals surface area contributed by atoms with E-state index in [1.807, 2.05) is 6.07 Å². The van der Waals surface area contributed by atoms with Crippen LogP contribution in [0.4, 0.5) is 0 Å². The molecule has 0 saturated heterocycles. The Morgan fingerprint density at radius 2 is 1.02 bits per heavy atom. The normalized spacial score (nSPS) is 14.7. The summed E-state index contributed by atoms with van der Waals surface area (Å²) in [7, 11) is 0. The zero-order valence-corrected chi connectivity index (χ0v) is 22.9. The zero-order valence-electron chi connectivity index (χ0n) is 22.9. The molecule has 0 spiro atoms. The zero-order chi connectivity index (χ0) is 27.9. The van der Waals surface area contributed by atoms with E-state index >= 15 is 0 Å². The molecule has 0 aliphatic carbocycles. The molecule has 3 heteroatoms. The first kappa shape index (κ1) is 24.3. The number of nitrogens with one attached hydrogen (secondary N) is 1. The summed E-state index contributed by atoms with van der Waals surface area (Å²) in [6.07, 6.45) is 1.46. The van der Waals surface area contributed by atoms with Gasteiger partial charge in [-0.05, 0) is 72.3 Å². The minimum absolute atomic E-state index is 0.221. The number of nitrogens with zero attached hydrogens (tertiary/aromatic N) is 2. The minimum Gasteiger partial charge on any atom is -0.344 e. The molecule has 0 saturated carbocycles. The standard InChI is InChI=1S/C39H27N3/c1-2-11-26(12-3-1)27-13-10-14-29(23-27)38-40-25-41-39(42-38)36-20-9-4-15-30(36)28-21-22-35-33-18-6-5-16-31(33)32-17-7-8-19-34(32)37(35)24-28/h1-25,38H,(H,40,41,42). The van der Waals surface area contributed by atoms with Crippen LogP contribution in [0.1, 0.15) is 17.3 Å². The van der Waals surface area contributed by atoms with Gasteiger partial charge in [-0.25, -0.2) is 9.98 Å². The number of amidine groups is 1. The quantitative estimate of drug-likeness (QED) is 0.223. The summed E-state index contributed by atoms with van der Waals surface area (Å²) < 4.78 is 0. The van der Waals surface area contributed by atoms with Crippen molar-refractivity contribution in [1.82, 2.24) is 5.32 Å². The van der Waals surface area contributed by atoms with Crippen LogP contribution in [0.2, 0.25) is 0 Å². The van der Waals surface area contributed by atoms with Crippen molar-refractivity contribution in [2.75, 3.05) is 0 Å². The van der Waals surface area contributed by atoms with E-state index in [0.717, 1.165) is 28.1 Å². The first-order chi connectivity index (χ1) is 20.8. The van der Waals surface area contributed by atoms with Crippen molar-refractivity contribution in [1.29, 1.82) is 0 Å². The van der Waals surface area contributed by atoms with Crippen LogP contribution in [-0.4, -0.2) is 12.2 Å². The molecule has 42 heavy (non-hydrogen) atoms. The molecule has 3 nitrogen and oxygen atoms in total. The van der Waals surface area contributed by atoms with E-state index in [9.17, 15) is 0 Å². The van der Waals surface area contributed by atoms with Crippen LogP contribution in [0, 0.1) is 0 Å². The summed E-state index contributed by atoms with van der Waals surface area (Å²) in [5, 5.41) is 11.3. The second kappa shape index (κ2) is 10.1. The van der Waals surface area contributed by atoms with E-state index in [-0.39, 0.29) is 6.17 Å². The highest BCUT2D eigenvalue weighted by atomic mass is 15.2. The molecule has 1 N–H and O–H groups in total. The number of aliphatic imine (C=N–C) groups is 2. The van der Waals surface area contributed by atoms with Gasteiger partial charge in [0.15, 0.2) is 0 Å². The van der Waals surface area contributed by atoms with Crippen molar-refractivity contribution >= 4 is 44.5 Å². The van der Waals surface area contributed by atoms with E-state index in [1.54, 1.807) is 6.34 Å². The average molecular weight is 538 g/mol. The number of hydrogen-bond acceptors (Lipinski definition) is 3. The van der Waals surface area contributed by atoms with E-state index in [1.165, 1.54) is 43.4 Å². The molecule has 0 bridgehead atoms. The molecule has 0 radical (unpaired) electrons.